The molecule has 154 valence electrons. The standard InChI is InChI=1S/C18H22N6O4S/c1-12-2-3-14(24(26)27)10-15(12)19-16(25)11-29-18-21-20-17(23(18)13-4-5-13)22-6-8-28-9-7-22/h2-3,10,13H,4-9,11H2,1H3,(H,19,25). The Morgan fingerprint density at radius 1 is 1.34 bits per heavy atom. The zero-order chi connectivity index (χ0) is 20.4. The zero-order valence-electron chi connectivity index (χ0n) is 16.0. The number of benzene rings is 1. The number of aromatic nitrogens is 3. The summed E-state index contributed by atoms with van der Waals surface area (Å²) in [4.78, 5) is 25.1. The highest BCUT2D eigenvalue weighted by Gasteiger charge is 2.32. The van der Waals surface area contributed by atoms with E-state index in [0.29, 0.717) is 24.9 Å². The van der Waals surface area contributed by atoms with Crippen molar-refractivity contribution in [1.29, 1.82) is 0 Å². The van der Waals surface area contributed by atoms with Gasteiger partial charge in [0.05, 0.1) is 29.6 Å². The van der Waals surface area contributed by atoms with E-state index in [1.165, 1.54) is 23.9 Å². The van der Waals surface area contributed by atoms with Crippen LogP contribution >= 0.6 is 11.8 Å². The summed E-state index contributed by atoms with van der Waals surface area (Å²) < 4.78 is 7.54. The molecule has 1 saturated heterocycles. The number of non-ortho nitro benzene ring substituents is 1. The SMILES string of the molecule is Cc1ccc([N+](=O)[O-])cc1NC(=O)CSc1nnc(N2CCOCC2)n1C1CC1. The molecule has 10 nitrogen and oxygen atoms in total. The van der Waals surface area contributed by atoms with Crippen LogP contribution in [-0.2, 0) is 9.53 Å². The Balaban J connectivity index is 1.43. The third-order valence-corrected chi connectivity index (χ3v) is 5.83. The predicted octanol–water partition coefficient (Wildman–Crippen LogP) is 2.40. The largest absolute Gasteiger partial charge is 0.378 e. The number of nitro groups is 1. The minimum absolute atomic E-state index is 0.0535. The van der Waals surface area contributed by atoms with E-state index in [2.05, 4.69) is 25.0 Å². The van der Waals surface area contributed by atoms with Crippen molar-refractivity contribution in [2.75, 3.05) is 42.3 Å². The van der Waals surface area contributed by atoms with Gasteiger partial charge in [0.1, 0.15) is 0 Å². The molecule has 2 heterocycles. The van der Waals surface area contributed by atoms with Gasteiger partial charge in [-0.05, 0) is 25.3 Å². The second kappa shape index (κ2) is 8.37. The van der Waals surface area contributed by atoms with Crippen LogP contribution in [0.4, 0.5) is 17.3 Å². The lowest BCUT2D eigenvalue weighted by Crippen LogP contribution is -2.38. The summed E-state index contributed by atoms with van der Waals surface area (Å²) in [5, 5.41) is 23.1. The van der Waals surface area contributed by atoms with E-state index in [1.54, 1.807) is 13.0 Å². The number of thioether (sulfide) groups is 1. The lowest BCUT2D eigenvalue weighted by atomic mass is 10.2. The molecule has 0 atom stereocenters. The number of nitro benzene ring substituents is 1. The maximum absolute atomic E-state index is 12.4. The Labute approximate surface area is 171 Å². The fraction of sp³-hybridized carbons (Fsp3) is 0.500. The van der Waals surface area contributed by atoms with Gasteiger partial charge in [-0.1, -0.05) is 17.8 Å². The van der Waals surface area contributed by atoms with Crippen molar-refractivity contribution in [3.05, 3.63) is 33.9 Å². The summed E-state index contributed by atoms with van der Waals surface area (Å²) in [5.41, 5.74) is 1.16. The second-order valence-corrected chi connectivity index (χ2v) is 8.02. The Bertz CT molecular complexity index is 923. The Hall–Kier alpha value is -2.66. The number of carbonyl (C=O) groups excluding carboxylic acids is 1. The molecule has 0 radical (unpaired) electrons. The third-order valence-electron chi connectivity index (χ3n) is 4.89. The first kappa shape index (κ1) is 19.6. The van der Waals surface area contributed by atoms with Gasteiger partial charge in [0, 0.05) is 31.3 Å². The van der Waals surface area contributed by atoms with E-state index in [4.69, 9.17) is 4.74 Å². The zero-order valence-corrected chi connectivity index (χ0v) is 16.9. The third kappa shape index (κ3) is 4.51. The maximum Gasteiger partial charge on any atom is 0.271 e. The molecule has 1 saturated carbocycles. The Morgan fingerprint density at radius 3 is 2.79 bits per heavy atom. The minimum Gasteiger partial charge on any atom is -0.378 e. The number of hydrogen-bond acceptors (Lipinski definition) is 8. The molecule has 1 aliphatic carbocycles. The molecule has 1 aliphatic heterocycles. The average Bonchev–Trinajstić information content (AvgIpc) is 3.47. The molecule has 2 fully saturated rings. The van der Waals surface area contributed by atoms with Crippen LogP contribution in [0.25, 0.3) is 0 Å². The van der Waals surface area contributed by atoms with E-state index in [0.717, 1.165) is 42.6 Å². The molecule has 0 unspecified atom stereocenters. The summed E-state index contributed by atoms with van der Waals surface area (Å²) in [5.74, 6) is 0.751. The fourth-order valence-corrected chi connectivity index (χ4v) is 3.97. The molecular formula is C18H22N6O4S. The van der Waals surface area contributed by atoms with Crippen molar-refractivity contribution in [3.8, 4) is 0 Å². The number of anilines is 2. The molecule has 11 heteroatoms. The number of ether oxygens (including phenoxy) is 1. The fourth-order valence-electron chi connectivity index (χ4n) is 3.17. The van der Waals surface area contributed by atoms with Crippen molar-refractivity contribution in [1.82, 2.24) is 14.8 Å². The van der Waals surface area contributed by atoms with E-state index in [9.17, 15) is 14.9 Å². The van der Waals surface area contributed by atoms with Gasteiger partial charge in [-0.3, -0.25) is 19.5 Å². The molecule has 0 spiro atoms. The number of hydrogen-bond donors (Lipinski definition) is 1. The summed E-state index contributed by atoms with van der Waals surface area (Å²) in [6.07, 6.45) is 2.17. The van der Waals surface area contributed by atoms with Gasteiger partial charge in [0.15, 0.2) is 5.16 Å². The van der Waals surface area contributed by atoms with Gasteiger partial charge in [-0.25, -0.2) is 0 Å². The van der Waals surface area contributed by atoms with Crippen LogP contribution in [0.2, 0.25) is 0 Å². The van der Waals surface area contributed by atoms with E-state index < -0.39 is 4.92 Å². The minimum atomic E-state index is -0.477. The molecule has 2 aliphatic rings. The molecule has 1 N–H and O–H groups in total. The van der Waals surface area contributed by atoms with Crippen LogP contribution in [0.5, 0.6) is 0 Å². The molecule has 0 bridgehead atoms. The van der Waals surface area contributed by atoms with Crippen LogP contribution in [-0.4, -0.2) is 57.7 Å². The first-order chi connectivity index (χ1) is 14.0. The molecule has 4 rings (SSSR count). The monoisotopic (exact) mass is 418 g/mol. The van der Waals surface area contributed by atoms with Crippen molar-refractivity contribution >= 4 is 35.0 Å². The first-order valence-corrected chi connectivity index (χ1v) is 10.5. The van der Waals surface area contributed by atoms with E-state index >= 15 is 0 Å². The highest BCUT2D eigenvalue weighted by Crippen LogP contribution is 2.41. The molecule has 29 heavy (non-hydrogen) atoms. The van der Waals surface area contributed by atoms with Crippen LogP contribution in [0, 0.1) is 17.0 Å². The number of nitrogens with zero attached hydrogens (tertiary/aromatic N) is 5. The van der Waals surface area contributed by atoms with E-state index in [1.807, 2.05) is 0 Å². The number of amides is 1. The molecule has 2 aromatic rings. The van der Waals surface area contributed by atoms with Crippen molar-refractivity contribution < 1.29 is 14.5 Å². The van der Waals surface area contributed by atoms with Crippen LogP contribution < -0.4 is 10.2 Å². The Kier molecular flexibility index (Phi) is 5.67. The van der Waals surface area contributed by atoms with Gasteiger partial charge < -0.3 is 15.0 Å². The number of nitrogens with one attached hydrogen (secondary N) is 1. The Morgan fingerprint density at radius 2 is 2.10 bits per heavy atom. The van der Waals surface area contributed by atoms with Gasteiger partial charge in [0.25, 0.3) is 5.69 Å². The highest BCUT2D eigenvalue weighted by atomic mass is 32.2. The summed E-state index contributed by atoms with van der Waals surface area (Å²) in [7, 11) is 0. The van der Waals surface area contributed by atoms with Gasteiger partial charge in [-0.15, -0.1) is 10.2 Å². The lowest BCUT2D eigenvalue weighted by molar-refractivity contribution is -0.384. The number of aryl methyl sites for hydroxylation is 1. The molecular weight excluding hydrogens is 396 g/mol. The second-order valence-electron chi connectivity index (χ2n) is 7.08. The average molecular weight is 418 g/mol. The summed E-state index contributed by atoms with van der Waals surface area (Å²) in [6.45, 7) is 4.70. The highest BCUT2D eigenvalue weighted by molar-refractivity contribution is 7.99. The maximum atomic E-state index is 12.4. The molecule has 1 aromatic carbocycles. The quantitative estimate of drug-likeness (QED) is 0.414. The summed E-state index contributed by atoms with van der Waals surface area (Å²) in [6, 6.07) is 4.80. The first-order valence-electron chi connectivity index (χ1n) is 9.48. The molecule has 1 amide bonds. The number of rotatable bonds is 7. The van der Waals surface area contributed by atoms with E-state index in [-0.39, 0.29) is 17.3 Å². The number of carbonyl (C=O) groups is 1. The van der Waals surface area contributed by atoms with Gasteiger partial charge >= 0.3 is 0 Å². The van der Waals surface area contributed by atoms with Crippen molar-refractivity contribution in [3.63, 3.8) is 0 Å². The van der Waals surface area contributed by atoms with Crippen LogP contribution in [0.15, 0.2) is 23.4 Å². The smallest absolute Gasteiger partial charge is 0.271 e. The summed E-state index contributed by atoms with van der Waals surface area (Å²) >= 11 is 1.33. The predicted molar refractivity (Wildman–Crippen MR) is 109 cm³/mol. The topological polar surface area (TPSA) is 115 Å². The van der Waals surface area contributed by atoms with Gasteiger partial charge in [-0.2, -0.15) is 0 Å². The molecule has 1 aromatic heterocycles. The normalized spacial score (nSPS) is 16.7. The van der Waals surface area contributed by atoms with Crippen LogP contribution in [0.3, 0.4) is 0 Å². The van der Waals surface area contributed by atoms with Gasteiger partial charge in [0.2, 0.25) is 11.9 Å². The lowest BCUT2D eigenvalue weighted by Gasteiger charge is -2.27. The van der Waals surface area contributed by atoms with Crippen LogP contribution in [0.1, 0.15) is 24.4 Å². The van der Waals surface area contributed by atoms with Crippen molar-refractivity contribution in [2.45, 2.75) is 31.0 Å². The number of morpholine rings is 1. The van der Waals surface area contributed by atoms with Crippen molar-refractivity contribution in [2.24, 2.45) is 0 Å².